The molecule has 0 aromatic heterocycles. The summed E-state index contributed by atoms with van der Waals surface area (Å²) in [7, 11) is 0. The van der Waals surface area contributed by atoms with Crippen LogP contribution in [0.3, 0.4) is 0 Å². The third-order valence-corrected chi connectivity index (χ3v) is 4.64. The van der Waals surface area contributed by atoms with E-state index in [1.165, 1.54) is 25.7 Å². The van der Waals surface area contributed by atoms with E-state index in [4.69, 9.17) is 0 Å². The van der Waals surface area contributed by atoms with E-state index in [1.807, 2.05) is 0 Å². The highest BCUT2D eigenvalue weighted by molar-refractivity contribution is 4.89. The summed E-state index contributed by atoms with van der Waals surface area (Å²) in [5, 5.41) is 0. The van der Waals surface area contributed by atoms with E-state index < -0.39 is 0 Å². The van der Waals surface area contributed by atoms with Gasteiger partial charge in [-0.3, -0.25) is 0 Å². The fraction of sp³-hybridized carbons (Fsp3) is 1.00. The van der Waals surface area contributed by atoms with Gasteiger partial charge in [-0.05, 0) is 29.6 Å². The van der Waals surface area contributed by atoms with E-state index >= 15 is 0 Å². The van der Waals surface area contributed by atoms with Crippen molar-refractivity contribution in [3.63, 3.8) is 0 Å². The Morgan fingerprint density at radius 1 is 0.867 bits per heavy atom. The molecule has 0 fully saturated rings. The van der Waals surface area contributed by atoms with Crippen LogP contribution in [0.2, 0.25) is 0 Å². The number of hydrogen-bond donors (Lipinski definition) is 0. The van der Waals surface area contributed by atoms with Crippen LogP contribution < -0.4 is 0 Å². The van der Waals surface area contributed by atoms with Crippen molar-refractivity contribution in [1.82, 2.24) is 0 Å². The van der Waals surface area contributed by atoms with Crippen molar-refractivity contribution in [1.29, 1.82) is 0 Å². The molecule has 0 aliphatic carbocycles. The van der Waals surface area contributed by atoms with E-state index in [-0.39, 0.29) is 0 Å². The number of rotatable bonds is 7. The molecule has 0 bridgehead atoms. The second-order valence-electron chi connectivity index (χ2n) is 5.83. The normalized spacial score (nSPS) is 15.0. The summed E-state index contributed by atoms with van der Waals surface area (Å²) in [4.78, 5) is 0. The van der Waals surface area contributed by atoms with Crippen LogP contribution in [0.15, 0.2) is 0 Å². The van der Waals surface area contributed by atoms with Crippen molar-refractivity contribution in [3.8, 4) is 0 Å². The van der Waals surface area contributed by atoms with Gasteiger partial charge in [0.05, 0.1) is 0 Å². The van der Waals surface area contributed by atoms with E-state index in [9.17, 15) is 0 Å². The third kappa shape index (κ3) is 3.23. The first-order valence-electron chi connectivity index (χ1n) is 6.93. The van der Waals surface area contributed by atoms with Crippen molar-refractivity contribution in [2.24, 2.45) is 23.2 Å². The van der Waals surface area contributed by atoms with Crippen LogP contribution >= 0.6 is 0 Å². The van der Waals surface area contributed by atoms with Gasteiger partial charge in [0, 0.05) is 0 Å². The summed E-state index contributed by atoms with van der Waals surface area (Å²) in [5.41, 5.74) is 0.560. The van der Waals surface area contributed by atoms with Gasteiger partial charge in [-0.2, -0.15) is 0 Å². The molecule has 0 amide bonds. The van der Waals surface area contributed by atoms with Crippen LogP contribution in [-0.4, -0.2) is 0 Å². The average molecular weight is 212 g/mol. The van der Waals surface area contributed by atoms with Gasteiger partial charge >= 0.3 is 0 Å². The molecule has 0 rings (SSSR count). The molecule has 15 heavy (non-hydrogen) atoms. The summed E-state index contributed by atoms with van der Waals surface area (Å²) in [5.74, 6) is 2.46. The second-order valence-corrected chi connectivity index (χ2v) is 5.83. The Labute approximate surface area is 97.8 Å². The summed E-state index contributed by atoms with van der Waals surface area (Å²) >= 11 is 0. The van der Waals surface area contributed by atoms with Gasteiger partial charge in [0.15, 0.2) is 0 Å². The Bertz CT molecular complexity index is 147. The monoisotopic (exact) mass is 212 g/mol. The molecular weight excluding hydrogens is 180 g/mol. The van der Waals surface area contributed by atoms with Crippen LogP contribution in [0.1, 0.15) is 74.1 Å². The quantitative estimate of drug-likeness (QED) is 0.521. The van der Waals surface area contributed by atoms with E-state index in [2.05, 4.69) is 48.5 Å². The van der Waals surface area contributed by atoms with Crippen molar-refractivity contribution in [2.75, 3.05) is 0 Å². The Balaban J connectivity index is 4.90. The molecule has 0 heteroatoms. The maximum atomic E-state index is 2.45. The molecule has 0 N–H and O–H groups in total. The average Bonchev–Trinajstić information content (AvgIpc) is 2.17. The van der Waals surface area contributed by atoms with Crippen molar-refractivity contribution in [2.45, 2.75) is 74.1 Å². The van der Waals surface area contributed by atoms with Crippen molar-refractivity contribution in [3.05, 3.63) is 0 Å². The Kier molecular flexibility index (Phi) is 6.55. The van der Waals surface area contributed by atoms with Crippen LogP contribution in [0, 0.1) is 23.2 Å². The molecule has 1 unspecified atom stereocenters. The van der Waals surface area contributed by atoms with E-state index in [1.54, 1.807) is 0 Å². The van der Waals surface area contributed by atoms with Gasteiger partial charge in [0.2, 0.25) is 0 Å². The molecule has 0 spiro atoms. The molecule has 92 valence electrons. The minimum absolute atomic E-state index is 0.560. The Morgan fingerprint density at radius 3 is 1.60 bits per heavy atom. The molecule has 0 radical (unpaired) electrons. The summed E-state index contributed by atoms with van der Waals surface area (Å²) in [6.45, 7) is 16.8. The molecule has 0 aliphatic rings. The van der Waals surface area contributed by atoms with Gasteiger partial charge in [0.25, 0.3) is 0 Å². The van der Waals surface area contributed by atoms with Crippen LogP contribution in [0.5, 0.6) is 0 Å². The summed E-state index contributed by atoms with van der Waals surface area (Å²) < 4.78 is 0. The lowest BCUT2D eigenvalue weighted by molar-refractivity contribution is 0.0251. The highest BCUT2D eigenvalue weighted by Gasteiger charge is 2.40. The zero-order valence-electron chi connectivity index (χ0n) is 12.1. The molecule has 0 nitrogen and oxygen atoms in total. The van der Waals surface area contributed by atoms with Gasteiger partial charge in [-0.1, -0.05) is 67.7 Å². The molecule has 0 aromatic carbocycles. The highest BCUT2D eigenvalue weighted by Crippen LogP contribution is 2.48. The predicted molar refractivity (Wildman–Crippen MR) is 71.1 cm³/mol. The smallest absolute Gasteiger partial charge is 0.0226 e. The molecule has 0 saturated heterocycles. The second kappa shape index (κ2) is 6.55. The fourth-order valence-corrected chi connectivity index (χ4v) is 3.49. The highest BCUT2D eigenvalue weighted by atomic mass is 14.4. The van der Waals surface area contributed by atoms with Gasteiger partial charge < -0.3 is 0 Å². The standard InChI is InChI=1S/C15H32/c1-8-10-11-15(12(3)4,13(5)6)14(7)9-2/h12-14H,8-11H2,1-7H3. The molecule has 0 heterocycles. The molecule has 0 aromatic rings. The minimum atomic E-state index is 0.560. The summed E-state index contributed by atoms with van der Waals surface area (Å²) in [6.07, 6.45) is 5.45. The number of hydrogen-bond acceptors (Lipinski definition) is 0. The van der Waals surface area contributed by atoms with E-state index in [0.29, 0.717) is 5.41 Å². The van der Waals surface area contributed by atoms with Crippen molar-refractivity contribution >= 4 is 0 Å². The number of unbranched alkanes of at least 4 members (excludes halogenated alkanes) is 1. The van der Waals surface area contributed by atoms with Gasteiger partial charge in [-0.25, -0.2) is 0 Å². The van der Waals surface area contributed by atoms with Crippen LogP contribution in [-0.2, 0) is 0 Å². The fourth-order valence-electron chi connectivity index (χ4n) is 3.49. The molecule has 0 aliphatic heterocycles. The molecular formula is C15H32. The van der Waals surface area contributed by atoms with Crippen LogP contribution in [0.4, 0.5) is 0 Å². The minimum Gasteiger partial charge on any atom is -0.0654 e. The predicted octanol–water partition coefficient (Wildman–Crippen LogP) is 5.52. The zero-order chi connectivity index (χ0) is 12.1. The topological polar surface area (TPSA) is 0 Å². The SMILES string of the molecule is CCCCC(C(C)C)(C(C)C)C(C)CC. The largest absolute Gasteiger partial charge is 0.0654 e. The maximum absolute atomic E-state index is 2.45. The first-order valence-corrected chi connectivity index (χ1v) is 6.93. The first kappa shape index (κ1) is 15.0. The van der Waals surface area contributed by atoms with Gasteiger partial charge in [0.1, 0.15) is 0 Å². The lowest BCUT2D eigenvalue weighted by Crippen LogP contribution is -2.39. The maximum Gasteiger partial charge on any atom is -0.0226 e. The molecule has 1 atom stereocenters. The lowest BCUT2D eigenvalue weighted by atomic mass is 9.58. The Hall–Kier alpha value is 0. The third-order valence-electron chi connectivity index (χ3n) is 4.64. The van der Waals surface area contributed by atoms with Crippen LogP contribution in [0.25, 0.3) is 0 Å². The van der Waals surface area contributed by atoms with Gasteiger partial charge in [-0.15, -0.1) is 0 Å². The summed E-state index contributed by atoms with van der Waals surface area (Å²) in [6, 6.07) is 0. The molecule has 0 saturated carbocycles. The zero-order valence-corrected chi connectivity index (χ0v) is 12.1. The van der Waals surface area contributed by atoms with E-state index in [0.717, 1.165) is 17.8 Å². The lowest BCUT2D eigenvalue weighted by Gasteiger charge is -2.47. The van der Waals surface area contributed by atoms with Crippen molar-refractivity contribution < 1.29 is 0 Å². The Morgan fingerprint density at radius 2 is 1.33 bits per heavy atom. The first-order chi connectivity index (χ1) is 6.93.